The molecule has 0 aliphatic rings. The van der Waals surface area contributed by atoms with Gasteiger partial charge in [0.15, 0.2) is 0 Å². The zero-order chi connectivity index (χ0) is 11.4. The van der Waals surface area contributed by atoms with Crippen LogP contribution in [0.2, 0.25) is 0 Å². The van der Waals surface area contributed by atoms with E-state index in [0.717, 1.165) is 12.8 Å². The molecule has 0 radical (unpaired) electrons. The van der Waals surface area contributed by atoms with E-state index in [1.807, 2.05) is 6.92 Å². The first kappa shape index (κ1) is 16.3. The molecule has 0 atom stereocenters. The number of hydrogen-bond donors (Lipinski definition) is 4. The molecule has 0 rings (SSSR count). The summed E-state index contributed by atoms with van der Waals surface area (Å²) in [5.41, 5.74) is -0.667. The van der Waals surface area contributed by atoms with E-state index in [2.05, 4.69) is 6.92 Å². The van der Waals surface area contributed by atoms with Crippen molar-refractivity contribution in [3.05, 3.63) is 0 Å². The smallest absolute Gasteiger partial charge is 0.0531 e. The number of aliphatic hydroxyl groups is 4. The first-order valence-electron chi connectivity index (χ1n) is 5.09. The van der Waals surface area contributed by atoms with E-state index in [1.165, 1.54) is 0 Å². The quantitative estimate of drug-likeness (QED) is 0.500. The Morgan fingerprint density at radius 1 is 0.857 bits per heavy atom. The minimum absolute atomic E-state index is 0.156. The SMILES string of the molecule is CCC(CO)(CO)CO.CCCCO. The van der Waals surface area contributed by atoms with Crippen molar-refractivity contribution in [1.29, 1.82) is 0 Å². The molecule has 0 bridgehead atoms. The standard InChI is InChI=1S/C6H14O3.C4H10O/c1-2-6(3-7,4-8)5-9;1-2-3-4-5/h7-9H,2-5H2,1H3;5H,2-4H2,1H3. The molecule has 4 N–H and O–H groups in total. The average Bonchev–Trinajstić information content (AvgIpc) is 2.24. The van der Waals surface area contributed by atoms with Crippen LogP contribution in [0.15, 0.2) is 0 Å². The molecule has 4 nitrogen and oxygen atoms in total. The van der Waals surface area contributed by atoms with Crippen molar-refractivity contribution in [2.24, 2.45) is 5.41 Å². The van der Waals surface area contributed by atoms with Gasteiger partial charge in [-0.15, -0.1) is 0 Å². The Hall–Kier alpha value is -0.160. The summed E-state index contributed by atoms with van der Waals surface area (Å²) < 4.78 is 0. The van der Waals surface area contributed by atoms with Gasteiger partial charge >= 0.3 is 0 Å². The van der Waals surface area contributed by atoms with Gasteiger partial charge < -0.3 is 20.4 Å². The molecule has 0 saturated carbocycles. The molecular weight excluding hydrogens is 184 g/mol. The van der Waals surface area contributed by atoms with E-state index in [0.29, 0.717) is 13.0 Å². The molecule has 0 aromatic carbocycles. The lowest BCUT2D eigenvalue weighted by Gasteiger charge is -2.24. The highest BCUT2D eigenvalue weighted by atomic mass is 16.3. The van der Waals surface area contributed by atoms with Crippen molar-refractivity contribution in [1.82, 2.24) is 0 Å². The van der Waals surface area contributed by atoms with Crippen LogP contribution in [0.25, 0.3) is 0 Å². The summed E-state index contributed by atoms with van der Waals surface area (Å²) in [6.45, 7) is 3.75. The fourth-order valence-electron chi connectivity index (χ4n) is 0.644. The van der Waals surface area contributed by atoms with Crippen LogP contribution in [0, 0.1) is 5.41 Å². The Kier molecular flexibility index (Phi) is 12.7. The fraction of sp³-hybridized carbons (Fsp3) is 1.00. The maximum Gasteiger partial charge on any atom is 0.0531 e. The molecule has 88 valence electrons. The molecule has 4 heteroatoms. The molecule has 0 fully saturated rings. The molecule has 0 spiro atoms. The van der Waals surface area contributed by atoms with Crippen molar-refractivity contribution >= 4 is 0 Å². The molecule has 0 unspecified atom stereocenters. The highest BCUT2D eigenvalue weighted by Gasteiger charge is 2.24. The average molecular weight is 208 g/mol. The van der Waals surface area contributed by atoms with Crippen LogP contribution in [0.1, 0.15) is 33.1 Å². The van der Waals surface area contributed by atoms with E-state index >= 15 is 0 Å². The molecule has 0 heterocycles. The third-order valence-electron chi connectivity index (χ3n) is 2.27. The van der Waals surface area contributed by atoms with Gasteiger partial charge in [-0.1, -0.05) is 20.3 Å². The van der Waals surface area contributed by atoms with Crippen molar-refractivity contribution in [3.8, 4) is 0 Å². The van der Waals surface area contributed by atoms with Crippen molar-refractivity contribution in [2.45, 2.75) is 33.1 Å². The van der Waals surface area contributed by atoms with E-state index < -0.39 is 5.41 Å². The van der Waals surface area contributed by atoms with Gasteiger partial charge in [0, 0.05) is 12.0 Å². The maximum atomic E-state index is 8.66. The van der Waals surface area contributed by atoms with Gasteiger partial charge in [0.2, 0.25) is 0 Å². The predicted molar refractivity (Wildman–Crippen MR) is 56.0 cm³/mol. The molecule has 14 heavy (non-hydrogen) atoms. The van der Waals surface area contributed by atoms with Crippen LogP contribution in [0.3, 0.4) is 0 Å². The summed E-state index contributed by atoms with van der Waals surface area (Å²) in [5.74, 6) is 0. The van der Waals surface area contributed by atoms with Gasteiger partial charge in [-0.2, -0.15) is 0 Å². The largest absolute Gasteiger partial charge is 0.396 e. The predicted octanol–water partition coefficient (Wildman–Crippen LogP) is 0.138. The Morgan fingerprint density at radius 3 is 1.29 bits per heavy atom. The van der Waals surface area contributed by atoms with E-state index in [9.17, 15) is 0 Å². The van der Waals surface area contributed by atoms with Crippen LogP contribution in [0.5, 0.6) is 0 Å². The first-order valence-corrected chi connectivity index (χ1v) is 5.09. The molecule has 0 aromatic rings. The van der Waals surface area contributed by atoms with Gasteiger partial charge in [-0.25, -0.2) is 0 Å². The minimum atomic E-state index is -0.667. The van der Waals surface area contributed by atoms with Gasteiger partial charge in [0.25, 0.3) is 0 Å². The first-order chi connectivity index (χ1) is 6.66. The lowest BCUT2D eigenvalue weighted by Crippen LogP contribution is -2.32. The second-order valence-electron chi connectivity index (χ2n) is 3.41. The molecule has 0 amide bonds. The van der Waals surface area contributed by atoms with E-state index in [-0.39, 0.29) is 19.8 Å². The minimum Gasteiger partial charge on any atom is -0.396 e. The van der Waals surface area contributed by atoms with Gasteiger partial charge in [0.05, 0.1) is 19.8 Å². The van der Waals surface area contributed by atoms with E-state index in [4.69, 9.17) is 20.4 Å². The molecular formula is C10H24O4. The summed E-state index contributed by atoms with van der Waals surface area (Å²) >= 11 is 0. The highest BCUT2D eigenvalue weighted by Crippen LogP contribution is 2.18. The van der Waals surface area contributed by atoms with Crippen molar-refractivity contribution < 1.29 is 20.4 Å². The Bertz CT molecular complexity index is 82.8. The maximum absolute atomic E-state index is 8.66. The molecule has 0 saturated heterocycles. The molecule has 0 aliphatic heterocycles. The van der Waals surface area contributed by atoms with Crippen LogP contribution >= 0.6 is 0 Å². The molecule has 0 aliphatic carbocycles. The van der Waals surface area contributed by atoms with Crippen LogP contribution < -0.4 is 0 Å². The topological polar surface area (TPSA) is 80.9 Å². The Balaban J connectivity index is 0. The summed E-state index contributed by atoms with van der Waals surface area (Å²) in [4.78, 5) is 0. The summed E-state index contributed by atoms with van der Waals surface area (Å²) in [6.07, 6.45) is 2.63. The van der Waals surface area contributed by atoms with E-state index in [1.54, 1.807) is 0 Å². The van der Waals surface area contributed by atoms with Crippen LogP contribution in [-0.4, -0.2) is 46.9 Å². The lowest BCUT2D eigenvalue weighted by molar-refractivity contribution is 0.00304. The zero-order valence-corrected chi connectivity index (χ0v) is 9.24. The number of rotatable bonds is 6. The third-order valence-corrected chi connectivity index (χ3v) is 2.27. The third kappa shape index (κ3) is 7.26. The second-order valence-corrected chi connectivity index (χ2v) is 3.41. The summed E-state index contributed by atoms with van der Waals surface area (Å²) in [6, 6.07) is 0. The number of unbranched alkanes of at least 4 members (excludes halogenated alkanes) is 1. The lowest BCUT2D eigenvalue weighted by atomic mass is 9.88. The highest BCUT2D eigenvalue weighted by molar-refractivity contribution is 4.74. The van der Waals surface area contributed by atoms with Gasteiger partial charge in [-0.3, -0.25) is 0 Å². The van der Waals surface area contributed by atoms with Crippen LogP contribution in [0.4, 0.5) is 0 Å². The normalized spacial score (nSPS) is 10.7. The monoisotopic (exact) mass is 208 g/mol. The number of aliphatic hydroxyl groups excluding tert-OH is 4. The summed E-state index contributed by atoms with van der Waals surface area (Å²) in [7, 11) is 0. The van der Waals surface area contributed by atoms with Crippen molar-refractivity contribution in [3.63, 3.8) is 0 Å². The second kappa shape index (κ2) is 10.9. The van der Waals surface area contributed by atoms with Crippen LogP contribution in [-0.2, 0) is 0 Å². The Labute approximate surface area is 86.2 Å². The fourth-order valence-corrected chi connectivity index (χ4v) is 0.644. The zero-order valence-electron chi connectivity index (χ0n) is 9.24. The Morgan fingerprint density at radius 2 is 1.29 bits per heavy atom. The van der Waals surface area contributed by atoms with Crippen molar-refractivity contribution in [2.75, 3.05) is 26.4 Å². The molecule has 0 aromatic heterocycles. The number of hydrogen-bond acceptors (Lipinski definition) is 4. The summed E-state index contributed by atoms with van der Waals surface area (Å²) in [5, 5.41) is 34.0. The van der Waals surface area contributed by atoms with Gasteiger partial charge in [0.1, 0.15) is 0 Å². The van der Waals surface area contributed by atoms with Gasteiger partial charge in [-0.05, 0) is 12.8 Å².